The molecule has 1 aliphatic rings. The molecule has 1 aliphatic carbocycles. The zero-order valence-electron chi connectivity index (χ0n) is 10.4. The van der Waals surface area contributed by atoms with E-state index in [-0.39, 0.29) is 12.1 Å². The van der Waals surface area contributed by atoms with Crippen LogP contribution in [0.15, 0.2) is 24.3 Å². The summed E-state index contributed by atoms with van der Waals surface area (Å²) in [5.41, 5.74) is 0. The van der Waals surface area contributed by atoms with Crippen molar-refractivity contribution in [2.45, 2.75) is 25.4 Å². The Hall–Kier alpha value is -1.97. The molecule has 0 aromatic heterocycles. The largest absolute Gasteiger partial charge is 0.466 e. The van der Waals surface area contributed by atoms with Crippen molar-refractivity contribution in [1.82, 2.24) is 0 Å². The molecule has 0 radical (unpaired) electrons. The number of ether oxygens (including phenoxy) is 2. The van der Waals surface area contributed by atoms with Crippen molar-refractivity contribution in [1.29, 1.82) is 0 Å². The lowest BCUT2D eigenvalue weighted by Crippen LogP contribution is -2.11. The molecule has 0 bridgehead atoms. The first-order valence-corrected chi connectivity index (χ1v) is 5.83. The highest BCUT2D eigenvalue weighted by molar-refractivity contribution is 5.81. The van der Waals surface area contributed by atoms with Gasteiger partial charge in [-0.25, -0.2) is 4.79 Å². The minimum atomic E-state index is -0.381. The topological polar surface area (TPSA) is 35.5 Å². The molecule has 18 heavy (non-hydrogen) atoms. The second kappa shape index (κ2) is 9.10. The summed E-state index contributed by atoms with van der Waals surface area (Å²) < 4.78 is 10.0. The Labute approximate surface area is 108 Å². The molecule has 3 nitrogen and oxygen atoms in total. The molecule has 94 valence electrons. The molecule has 0 saturated heterocycles. The van der Waals surface area contributed by atoms with Crippen molar-refractivity contribution >= 4 is 5.97 Å². The van der Waals surface area contributed by atoms with Crippen LogP contribution in [-0.4, -0.2) is 25.8 Å². The first kappa shape index (κ1) is 14.1. The van der Waals surface area contributed by atoms with Gasteiger partial charge >= 0.3 is 5.97 Å². The van der Waals surface area contributed by atoms with Crippen molar-refractivity contribution in [3.05, 3.63) is 24.3 Å². The number of carbonyl (C=O) groups excluding carboxylic acids is 1. The normalized spacial score (nSPS) is 20.2. The van der Waals surface area contributed by atoms with E-state index in [2.05, 4.69) is 28.4 Å². The minimum absolute atomic E-state index is 0.114. The molecule has 0 aromatic rings. The molecule has 0 amide bonds. The summed E-state index contributed by atoms with van der Waals surface area (Å²) in [6.45, 7) is 0.351. The van der Waals surface area contributed by atoms with Gasteiger partial charge in [0, 0.05) is 12.5 Å². The third-order valence-corrected chi connectivity index (χ3v) is 2.21. The van der Waals surface area contributed by atoms with E-state index in [9.17, 15) is 4.79 Å². The summed E-state index contributed by atoms with van der Waals surface area (Å²) in [4.78, 5) is 10.8. The first-order chi connectivity index (χ1) is 8.83. The maximum Gasteiger partial charge on any atom is 0.330 e. The minimum Gasteiger partial charge on any atom is -0.466 e. The second-order valence-electron chi connectivity index (χ2n) is 3.58. The van der Waals surface area contributed by atoms with Gasteiger partial charge in [-0.2, -0.15) is 0 Å². The van der Waals surface area contributed by atoms with Crippen LogP contribution in [-0.2, 0) is 14.3 Å². The lowest BCUT2D eigenvalue weighted by atomic mass is 10.1. The van der Waals surface area contributed by atoms with Crippen molar-refractivity contribution in [3.63, 3.8) is 0 Å². The fraction of sp³-hybridized carbons (Fsp3) is 0.400. The Balaban J connectivity index is 2.39. The molecule has 0 aromatic carbocycles. The number of hydrogen-bond donors (Lipinski definition) is 0. The molecule has 1 rings (SSSR count). The van der Waals surface area contributed by atoms with Gasteiger partial charge in [0.15, 0.2) is 0 Å². The average molecular weight is 244 g/mol. The lowest BCUT2D eigenvalue weighted by Gasteiger charge is -2.09. The van der Waals surface area contributed by atoms with Gasteiger partial charge in [0.05, 0.1) is 13.7 Å². The van der Waals surface area contributed by atoms with E-state index >= 15 is 0 Å². The van der Waals surface area contributed by atoms with Gasteiger partial charge in [0.2, 0.25) is 0 Å². The van der Waals surface area contributed by atoms with Gasteiger partial charge in [-0.05, 0) is 25.0 Å². The molecule has 0 heterocycles. The molecular formula is C15H16O3. The molecular weight excluding hydrogens is 228 g/mol. The van der Waals surface area contributed by atoms with E-state index in [4.69, 9.17) is 4.74 Å². The summed E-state index contributed by atoms with van der Waals surface area (Å²) in [5.74, 6) is 11.5. The van der Waals surface area contributed by atoms with E-state index < -0.39 is 0 Å². The molecule has 0 fully saturated rings. The van der Waals surface area contributed by atoms with Crippen LogP contribution in [0.1, 0.15) is 19.3 Å². The Morgan fingerprint density at radius 2 is 2.28 bits per heavy atom. The maximum absolute atomic E-state index is 10.8. The zero-order valence-corrected chi connectivity index (χ0v) is 10.4. The Morgan fingerprint density at radius 3 is 3.11 bits per heavy atom. The summed E-state index contributed by atoms with van der Waals surface area (Å²) >= 11 is 0. The summed E-state index contributed by atoms with van der Waals surface area (Å²) in [6, 6.07) is 0. The monoisotopic (exact) mass is 244 g/mol. The lowest BCUT2D eigenvalue weighted by molar-refractivity contribution is -0.134. The number of rotatable bonds is 4. The van der Waals surface area contributed by atoms with Crippen LogP contribution < -0.4 is 0 Å². The standard InChI is InChI=1S/C15H16O3/c1-17-15(16)12-9-13-18-14-10-7-5-3-2-4-6-8-11-14/h3,5,9,12,14H,6,8,11,13H2,1H3/b5-3-,12-9+. The summed E-state index contributed by atoms with van der Waals surface area (Å²) in [7, 11) is 1.34. The Bertz CT molecular complexity index is 438. The highest BCUT2D eigenvalue weighted by Gasteiger charge is 2.03. The Kier molecular flexibility index (Phi) is 7.13. The predicted molar refractivity (Wildman–Crippen MR) is 69.4 cm³/mol. The number of hydrogen-bond acceptors (Lipinski definition) is 3. The molecule has 0 aliphatic heterocycles. The number of methoxy groups -OCH3 is 1. The quantitative estimate of drug-likeness (QED) is 0.430. The summed E-state index contributed by atoms with van der Waals surface area (Å²) in [5, 5.41) is 0. The van der Waals surface area contributed by atoms with Crippen LogP contribution in [0.2, 0.25) is 0 Å². The predicted octanol–water partition coefficient (Wildman–Crippen LogP) is 1.85. The van der Waals surface area contributed by atoms with Crippen LogP contribution in [0.3, 0.4) is 0 Å². The van der Waals surface area contributed by atoms with Crippen LogP contribution in [0.5, 0.6) is 0 Å². The molecule has 3 heteroatoms. The van der Waals surface area contributed by atoms with E-state index in [1.807, 2.05) is 0 Å². The first-order valence-electron chi connectivity index (χ1n) is 5.83. The van der Waals surface area contributed by atoms with Crippen molar-refractivity contribution in [2.24, 2.45) is 0 Å². The van der Waals surface area contributed by atoms with E-state index in [0.29, 0.717) is 6.61 Å². The number of allylic oxidation sites excluding steroid dienone is 2. The van der Waals surface area contributed by atoms with Gasteiger partial charge in [-0.3, -0.25) is 0 Å². The van der Waals surface area contributed by atoms with Gasteiger partial charge in [-0.15, -0.1) is 0 Å². The van der Waals surface area contributed by atoms with Crippen LogP contribution in [0, 0.1) is 23.7 Å². The highest BCUT2D eigenvalue weighted by Crippen LogP contribution is 2.04. The van der Waals surface area contributed by atoms with E-state index in [1.54, 1.807) is 18.2 Å². The third kappa shape index (κ3) is 6.58. The number of esters is 1. The number of carbonyl (C=O) groups is 1. The van der Waals surface area contributed by atoms with E-state index in [0.717, 1.165) is 19.3 Å². The molecule has 0 saturated carbocycles. The fourth-order valence-electron chi connectivity index (χ4n) is 1.31. The van der Waals surface area contributed by atoms with Gasteiger partial charge in [0.1, 0.15) is 6.10 Å². The van der Waals surface area contributed by atoms with Gasteiger partial charge in [0.25, 0.3) is 0 Å². The molecule has 0 N–H and O–H groups in total. The Morgan fingerprint density at radius 1 is 1.44 bits per heavy atom. The van der Waals surface area contributed by atoms with E-state index in [1.165, 1.54) is 13.2 Å². The van der Waals surface area contributed by atoms with Gasteiger partial charge in [-0.1, -0.05) is 29.8 Å². The second-order valence-corrected chi connectivity index (χ2v) is 3.58. The summed E-state index contributed by atoms with van der Waals surface area (Å²) in [6.07, 6.45) is 8.98. The molecule has 1 atom stereocenters. The smallest absolute Gasteiger partial charge is 0.330 e. The van der Waals surface area contributed by atoms with Crippen LogP contribution >= 0.6 is 0 Å². The highest BCUT2D eigenvalue weighted by atomic mass is 16.5. The van der Waals surface area contributed by atoms with Crippen LogP contribution in [0.25, 0.3) is 0 Å². The van der Waals surface area contributed by atoms with Crippen molar-refractivity contribution in [2.75, 3.05) is 13.7 Å². The van der Waals surface area contributed by atoms with Crippen molar-refractivity contribution in [3.8, 4) is 23.7 Å². The van der Waals surface area contributed by atoms with Crippen molar-refractivity contribution < 1.29 is 14.3 Å². The third-order valence-electron chi connectivity index (χ3n) is 2.21. The van der Waals surface area contributed by atoms with Crippen LogP contribution in [0.4, 0.5) is 0 Å². The SMILES string of the molecule is COC(=O)/C=C/COC1C#C/C=C\C#CCCC1. The average Bonchev–Trinajstić information content (AvgIpc) is 2.41. The maximum atomic E-state index is 10.8. The molecule has 1 unspecified atom stereocenters. The zero-order chi connectivity index (χ0) is 13.1. The molecule has 0 spiro atoms. The fourth-order valence-corrected chi connectivity index (χ4v) is 1.31. The van der Waals surface area contributed by atoms with Gasteiger partial charge < -0.3 is 9.47 Å².